The van der Waals surface area contributed by atoms with Crippen LogP contribution in [0.2, 0.25) is 0 Å². The van der Waals surface area contributed by atoms with Gasteiger partial charge >= 0.3 is 0 Å². The van der Waals surface area contributed by atoms with E-state index in [1.54, 1.807) is 19.4 Å². The number of ether oxygens (including phenoxy) is 1. The number of aliphatic imine (C=N–C) groups is 1. The zero-order chi connectivity index (χ0) is 9.54. The predicted octanol–water partition coefficient (Wildman–Crippen LogP) is 3.25. The molecular formula is C9H21NO. The number of rotatable bonds is 2. The maximum atomic E-state index is 4.66. The Morgan fingerprint density at radius 2 is 1.55 bits per heavy atom. The number of hydrogen-bond acceptors (Lipinski definition) is 2. The molecule has 0 aromatic rings. The van der Waals surface area contributed by atoms with Gasteiger partial charge in [-0.1, -0.05) is 33.8 Å². The SMILES string of the molecule is C/C=C\OC=NC.CC.CC. The van der Waals surface area contributed by atoms with Crippen LogP contribution in [0.25, 0.3) is 0 Å². The van der Waals surface area contributed by atoms with Crippen LogP contribution in [0.5, 0.6) is 0 Å². The van der Waals surface area contributed by atoms with Gasteiger partial charge < -0.3 is 4.74 Å². The highest BCUT2D eigenvalue weighted by Gasteiger charge is 1.58. The summed E-state index contributed by atoms with van der Waals surface area (Å²) in [5.74, 6) is 0. The van der Waals surface area contributed by atoms with E-state index in [-0.39, 0.29) is 0 Å². The van der Waals surface area contributed by atoms with Crippen molar-refractivity contribution in [1.82, 2.24) is 0 Å². The van der Waals surface area contributed by atoms with E-state index >= 15 is 0 Å². The van der Waals surface area contributed by atoms with Crippen LogP contribution in [0.1, 0.15) is 34.6 Å². The normalized spacial score (nSPS) is 8.18. The molecule has 0 heterocycles. The van der Waals surface area contributed by atoms with E-state index in [1.165, 1.54) is 6.40 Å². The van der Waals surface area contributed by atoms with Crippen molar-refractivity contribution < 1.29 is 4.74 Å². The molecule has 0 aromatic carbocycles. The Bertz CT molecular complexity index is 67.6. The number of allylic oxidation sites excluding steroid dienone is 1. The first-order valence-electron chi connectivity index (χ1n) is 4.09. The maximum Gasteiger partial charge on any atom is 0.175 e. The fraction of sp³-hybridized carbons (Fsp3) is 0.667. The molecule has 0 saturated heterocycles. The quantitative estimate of drug-likeness (QED) is 0.344. The fourth-order valence-corrected chi connectivity index (χ4v) is 0.175. The molecule has 0 rings (SSSR count). The molecule has 0 aliphatic carbocycles. The Hall–Kier alpha value is -0.790. The average molecular weight is 159 g/mol. The van der Waals surface area contributed by atoms with E-state index in [0.29, 0.717) is 0 Å². The van der Waals surface area contributed by atoms with Gasteiger partial charge in [-0.3, -0.25) is 4.99 Å². The molecule has 2 nitrogen and oxygen atoms in total. The molecule has 68 valence electrons. The van der Waals surface area contributed by atoms with Gasteiger partial charge in [0.1, 0.15) is 0 Å². The van der Waals surface area contributed by atoms with E-state index in [9.17, 15) is 0 Å². The molecule has 0 aromatic heterocycles. The maximum absolute atomic E-state index is 4.66. The molecule has 0 fully saturated rings. The van der Waals surface area contributed by atoms with Crippen LogP contribution in [-0.2, 0) is 4.74 Å². The summed E-state index contributed by atoms with van der Waals surface area (Å²) >= 11 is 0. The second-order valence-corrected chi connectivity index (χ2v) is 0.969. The smallest absolute Gasteiger partial charge is 0.175 e. The highest BCUT2D eigenvalue weighted by atomic mass is 16.5. The Kier molecular flexibility index (Phi) is 53.0. The first-order valence-corrected chi connectivity index (χ1v) is 4.09. The Morgan fingerprint density at radius 1 is 1.09 bits per heavy atom. The van der Waals surface area contributed by atoms with Crippen molar-refractivity contribution in [1.29, 1.82) is 0 Å². The van der Waals surface area contributed by atoms with Crippen molar-refractivity contribution in [2.45, 2.75) is 34.6 Å². The molecule has 0 bridgehead atoms. The molecule has 0 spiro atoms. The van der Waals surface area contributed by atoms with E-state index in [1.807, 2.05) is 34.6 Å². The summed E-state index contributed by atoms with van der Waals surface area (Å²) < 4.78 is 4.66. The Balaban J connectivity index is -0.000000138. The third-order valence-electron chi connectivity index (χ3n) is 0.381. The zero-order valence-corrected chi connectivity index (χ0v) is 8.59. The van der Waals surface area contributed by atoms with E-state index in [2.05, 4.69) is 9.73 Å². The van der Waals surface area contributed by atoms with E-state index in [4.69, 9.17) is 0 Å². The molecule has 0 unspecified atom stereocenters. The largest absolute Gasteiger partial charge is 0.454 e. The van der Waals surface area contributed by atoms with Gasteiger partial charge in [-0.05, 0) is 6.92 Å². The second kappa shape index (κ2) is 35.0. The molecule has 0 N–H and O–H groups in total. The van der Waals surface area contributed by atoms with E-state index < -0.39 is 0 Å². The summed E-state index contributed by atoms with van der Waals surface area (Å²) in [7, 11) is 1.66. The summed E-state index contributed by atoms with van der Waals surface area (Å²) in [6.07, 6.45) is 4.73. The van der Waals surface area contributed by atoms with Crippen LogP contribution in [0, 0.1) is 0 Å². The summed E-state index contributed by atoms with van der Waals surface area (Å²) in [5.41, 5.74) is 0. The molecule has 0 amide bonds. The Labute approximate surface area is 71.0 Å². The van der Waals surface area contributed by atoms with Gasteiger partial charge in [0.2, 0.25) is 0 Å². The lowest BCUT2D eigenvalue weighted by molar-refractivity contribution is 0.492. The lowest BCUT2D eigenvalue weighted by atomic mass is 10.7. The van der Waals surface area contributed by atoms with Crippen LogP contribution in [0.15, 0.2) is 17.3 Å². The van der Waals surface area contributed by atoms with Crippen molar-refractivity contribution in [3.05, 3.63) is 12.3 Å². The van der Waals surface area contributed by atoms with Gasteiger partial charge in [0.25, 0.3) is 0 Å². The highest BCUT2D eigenvalue weighted by molar-refractivity contribution is 5.46. The van der Waals surface area contributed by atoms with Gasteiger partial charge in [0.05, 0.1) is 6.26 Å². The minimum absolute atomic E-state index is 1.38. The van der Waals surface area contributed by atoms with Crippen LogP contribution in [0.3, 0.4) is 0 Å². The lowest BCUT2D eigenvalue weighted by Gasteiger charge is -1.81. The molecule has 0 atom stereocenters. The molecule has 0 radical (unpaired) electrons. The topological polar surface area (TPSA) is 21.6 Å². The minimum atomic E-state index is 1.38. The summed E-state index contributed by atoms with van der Waals surface area (Å²) in [6.45, 7) is 9.88. The standard InChI is InChI=1S/C5H9NO.2C2H6/c1-3-4-7-5-6-2;2*1-2/h3-5H,1-2H3;2*1-2H3/b4-3-,6-5?;;. The van der Waals surface area contributed by atoms with Gasteiger partial charge in [0, 0.05) is 7.05 Å². The second-order valence-electron chi connectivity index (χ2n) is 0.969. The van der Waals surface area contributed by atoms with Gasteiger partial charge in [-0.25, -0.2) is 0 Å². The number of nitrogens with zero attached hydrogens (tertiary/aromatic N) is 1. The van der Waals surface area contributed by atoms with Crippen molar-refractivity contribution in [3.63, 3.8) is 0 Å². The summed E-state index contributed by atoms with van der Waals surface area (Å²) in [5, 5.41) is 0. The van der Waals surface area contributed by atoms with Crippen LogP contribution in [-0.4, -0.2) is 13.4 Å². The van der Waals surface area contributed by atoms with Crippen LogP contribution >= 0.6 is 0 Å². The monoisotopic (exact) mass is 159 g/mol. The van der Waals surface area contributed by atoms with Crippen molar-refractivity contribution in [3.8, 4) is 0 Å². The zero-order valence-electron chi connectivity index (χ0n) is 8.59. The highest BCUT2D eigenvalue weighted by Crippen LogP contribution is 1.68. The predicted molar refractivity (Wildman–Crippen MR) is 53.0 cm³/mol. The lowest BCUT2D eigenvalue weighted by Crippen LogP contribution is -1.71. The van der Waals surface area contributed by atoms with Gasteiger partial charge in [0.15, 0.2) is 6.40 Å². The first kappa shape index (κ1) is 16.7. The van der Waals surface area contributed by atoms with Crippen molar-refractivity contribution in [2.75, 3.05) is 7.05 Å². The van der Waals surface area contributed by atoms with Crippen LogP contribution < -0.4 is 0 Å². The van der Waals surface area contributed by atoms with Crippen molar-refractivity contribution >= 4 is 6.40 Å². The van der Waals surface area contributed by atoms with Gasteiger partial charge in [-0.2, -0.15) is 0 Å². The fourth-order valence-electron chi connectivity index (χ4n) is 0.175. The molecule has 11 heavy (non-hydrogen) atoms. The first-order chi connectivity index (χ1) is 5.41. The van der Waals surface area contributed by atoms with Crippen molar-refractivity contribution in [2.24, 2.45) is 4.99 Å². The average Bonchev–Trinajstić information content (AvgIpc) is 2.13. The molecular weight excluding hydrogens is 138 g/mol. The molecule has 0 aliphatic rings. The molecule has 0 aliphatic heterocycles. The van der Waals surface area contributed by atoms with E-state index in [0.717, 1.165) is 0 Å². The molecule has 0 saturated carbocycles. The Morgan fingerprint density at radius 3 is 1.82 bits per heavy atom. The van der Waals surface area contributed by atoms with Gasteiger partial charge in [-0.15, -0.1) is 0 Å². The third kappa shape index (κ3) is 46.5. The summed E-state index contributed by atoms with van der Waals surface area (Å²) in [6, 6.07) is 0. The minimum Gasteiger partial charge on any atom is -0.454 e. The van der Waals surface area contributed by atoms with Crippen LogP contribution in [0.4, 0.5) is 0 Å². The third-order valence-corrected chi connectivity index (χ3v) is 0.381. The summed E-state index contributed by atoms with van der Waals surface area (Å²) in [4.78, 5) is 3.57. The molecule has 2 heteroatoms. The number of hydrogen-bond donors (Lipinski definition) is 0.